The fraction of sp³-hybridized carbons (Fsp3) is 0.360. The van der Waals surface area contributed by atoms with Crippen LogP contribution in [0.4, 0.5) is 14.9 Å². The van der Waals surface area contributed by atoms with Crippen molar-refractivity contribution in [3.8, 4) is 10.4 Å². The number of quaternary nitrogens is 1. The number of epoxide rings is 1. The molecule has 3 aliphatic rings. The number of likely N-dealkylation sites (N-methyl/N-ethyl adjacent to an activating group) is 1. The highest BCUT2D eigenvalue weighted by Crippen LogP contribution is 2.51. The molecule has 2 aromatic carbocycles. The molecule has 1 N–H and O–H groups in total. The summed E-state index contributed by atoms with van der Waals surface area (Å²) in [4.78, 5) is 21.9. The molecule has 6 rings (SSSR count). The Morgan fingerprint density at radius 2 is 1.85 bits per heavy atom. The van der Waals surface area contributed by atoms with E-state index >= 15 is 0 Å². The van der Waals surface area contributed by atoms with Gasteiger partial charge in [0.05, 0.1) is 19.8 Å². The molecule has 34 heavy (non-hydrogen) atoms. The number of carbonyl (C=O) groups is 2. The quantitative estimate of drug-likeness (QED) is 0.350. The van der Waals surface area contributed by atoms with Gasteiger partial charge in [-0.15, -0.1) is 11.3 Å². The van der Waals surface area contributed by atoms with Crippen LogP contribution in [-0.4, -0.2) is 61.5 Å². The Kier molecular flexibility index (Phi) is 5.79. The number of carboxylic acid groups (broad SMARTS) is 1. The minimum atomic E-state index is -0.500. The number of rotatable bonds is 3. The van der Waals surface area contributed by atoms with E-state index in [0.717, 1.165) is 32.3 Å². The van der Waals surface area contributed by atoms with Gasteiger partial charge >= 0.3 is 6.09 Å². The topological polar surface area (TPSA) is 91.0 Å². The number of fused-ring (bicyclic) bond motifs is 6. The van der Waals surface area contributed by atoms with Crippen LogP contribution in [0.3, 0.4) is 0 Å². The van der Waals surface area contributed by atoms with E-state index in [2.05, 4.69) is 19.4 Å². The Labute approximate surface area is 200 Å². The van der Waals surface area contributed by atoms with E-state index in [-0.39, 0.29) is 11.9 Å². The third-order valence-corrected chi connectivity index (χ3v) is 8.37. The molecule has 0 radical (unpaired) electrons. The van der Waals surface area contributed by atoms with Crippen molar-refractivity contribution >= 4 is 39.7 Å². The lowest BCUT2D eigenvalue weighted by atomic mass is 9.96. The number of ether oxygens (including phenoxy) is 2. The van der Waals surface area contributed by atoms with Crippen LogP contribution in [0.15, 0.2) is 48.5 Å². The molecule has 3 aromatic rings. The molecule has 4 heterocycles. The zero-order valence-corrected chi connectivity index (χ0v) is 19.6. The number of nitrogens with one attached hydrogen (secondary N) is 1. The first-order valence-electron chi connectivity index (χ1n) is 11.1. The molecule has 7 nitrogen and oxygen atoms in total. The number of benzene rings is 2. The molecule has 0 aliphatic carbocycles. The van der Waals surface area contributed by atoms with Gasteiger partial charge in [-0.25, -0.2) is 9.18 Å². The van der Waals surface area contributed by atoms with Crippen LogP contribution >= 0.6 is 11.3 Å². The first kappa shape index (κ1) is 22.8. The molecule has 2 bridgehead atoms. The van der Waals surface area contributed by atoms with Gasteiger partial charge in [0.1, 0.15) is 36.2 Å². The molecule has 0 saturated carbocycles. The highest BCUT2D eigenvalue weighted by atomic mass is 32.1. The Balaban J connectivity index is 0.000000764. The number of thiophene rings is 1. The van der Waals surface area contributed by atoms with Gasteiger partial charge in [-0.1, -0.05) is 18.2 Å². The molecule has 5 atom stereocenters. The van der Waals surface area contributed by atoms with Crippen molar-refractivity contribution in [1.29, 1.82) is 0 Å². The maximum Gasteiger partial charge on any atom is 0.411 e. The minimum absolute atomic E-state index is 0.120. The number of hydrogen-bond acceptors (Lipinski definition) is 6. The molecule has 178 valence electrons. The van der Waals surface area contributed by atoms with Crippen LogP contribution in [0, 0.1) is 5.82 Å². The zero-order chi connectivity index (χ0) is 24.0. The Hall–Kier alpha value is -3.01. The summed E-state index contributed by atoms with van der Waals surface area (Å²) in [6, 6.07) is 15.2. The van der Waals surface area contributed by atoms with Crippen LogP contribution < -0.4 is 10.4 Å². The van der Waals surface area contributed by atoms with Gasteiger partial charge in [-0.05, 0) is 35.7 Å². The molecular formula is C25H25FN2O5S. The average Bonchev–Trinajstić information content (AvgIpc) is 3.42. The number of piperidine rings is 1. The van der Waals surface area contributed by atoms with E-state index in [1.807, 2.05) is 30.3 Å². The first-order valence-corrected chi connectivity index (χ1v) is 11.9. The average molecular weight is 485 g/mol. The fourth-order valence-electron chi connectivity index (χ4n) is 5.54. The van der Waals surface area contributed by atoms with Gasteiger partial charge in [-0.3, -0.25) is 5.32 Å². The molecule has 1 aromatic heterocycles. The maximum atomic E-state index is 14.1. The van der Waals surface area contributed by atoms with Gasteiger partial charge in [0.25, 0.3) is 0 Å². The lowest BCUT2D eigenvalue weighted by Gasteiger charge is -2.45. The Morgan fingerprint density at radius 1 is 1.18 bits per heavy atom. The van der Waals surface area contributed by atoms with E-state index in [4.69, 9.17) is 19.4 Å². The summed E-state index contributed by atoms with van der Waals surface area (Å²) in [5.41, 5.74) is 1.22. The third-order valence-electron chi connectivity index (χ3n) is 7.22. The number of amides is 1. The van der Waals surface area contributed by atoms with Gasteiger partial charge in [0.15, 0.2) is 0 Å². The molecule has 1 unspecified atom stereocenters. The Bertz CT molecular complexity index is 1190. The predicted octanol–water partition coefficient (Wildman–Crippen LogP) is 3.38. The summed E-state index contributed by atoms with van der Waals surface area (Å²) in [6.07, 6.45) is 1.64. The summed E-state index contributed by atoms with van der Waals surface area (Å²) < 4.78 is 27.7. The summed E-state index contributed by atoms with van der Waals surface area (Å²) in [5.74, 6) is -0.338. The van der Waals surface area contributed by atoms with Crippen LogP contribution in [-0.2, 0) is 14.3 Å². The minimum Gasteiger partial charge on any atom is -0.554 e. The SMILES string of the molecule is C[N+]1(C)[C@@H]2CC(OC(=O)Nc3ccc(F)cc3-c3cc4ccccc4s3)C[C@H]1[C@H]1O[C@H]12.O=C[O-]. The smallest absolute Gasteiger partial charge is 0.411 e. The van der Waals surface area contributed by atoms with Gasteiger partial charge < -0.3 is 23.9 Å². The van der Waals surface area contributed by atoms with Crippen molar-refractivity contribution in [2.75, 3.05) is 19.4 Å². The number of morpholine rings is 1. The van der Waals surface area contributed by atoms with Crippen molar-refractivity contribution in [3.05, 3.63) is 54.3 Å². The predicted molar refractivity (Wildman–Crippen MR) is 125 cm³/mol. The van der Waals surface area contributed by atoms with Crippen molar-refractivity contribution in [2.24, 2.45) is 0 Å². The summed E-state index contributed by atoms with van der Waals surface area (Å²) in [7, 11) is 4.49. The number of nitrogens with zero attached hydrogens (tertiary/aromatic N) is 1. The largest absolute Gasteiger partial charge is 0.554 e. The lowest BCUT2D eigenvalue weighted by molar-refractivity contribution is -0.938. The number of anilines is 1. The molecule has 3 aliphatic heterocycles. The molecule has 9 heteroatoms. The number of halogens is 1. The normalized spacial score (nSPS) is 27.8. The molecule has 0 spiro atoms. The van der Waals surface area contributed by atoms with E-state index in [9.17, 15) is 9.18 Å². The molecular weight excluding hydrogens is 459 g/mol. The van der Waals surface area contributed by atoms with Crippen LogP contribution in [0.2, 0.25) is 0 Å². The highest BCUT2D eigenvalue weighted by molar-refractivity contribution is 7.22. The third kappa shape index (κ3) is 4.04. The second kappa shape index (κ2) is 8.65. The van der Waals surface area contributed by atoms with Gasteiger partial charge in [-0.2, -0.15) is 0 Å². The molecule has 3 fully saturated rings. The van der Waals surface area contributed by atoms with E-state index in [0.29, 0.717) is 35.5 Å². The summed E-state index contributed by atoms with van der Waals surface area (Å²) >= 11 is 1.57. The van der Waals surface area contributed by atoms with Crippen molar-refractivity contribution in [1.82, 2.24) is 0 Å². The first-order chi connectivity index (χ1) is 16.3. The summed E-state index contributed by atoms with van der Waals surface area (Å²) in [5, 5.41) is 12.2. The number of carbonyl (C=O) groups excluding carboxylic acids is 2. The second-order valence-electron chi connectivity index (χ2n) is 9.39. The van der Waals surface area contributed by atoms with Crippen molar-refractivity contribution in [2.45, 2.75) is 43.2 Å². The van der Waals surface area contributed by atoms with Crippen molar-refractivity contribution < 1.29 is 33.0 Å². The maximum absolute atomic E-state index is 14.1. The van der Waals surface area contributed by atoms with Crippen molar-refractivity contribution in [3.63, 3.8) is 0 Å². The molecule has 1 amide bonds. The van der Waals surface area contributed by atoms with Crippen LogP contribution in [0.1, 0.15) is 12.8 Å². The second-order valence-corrected chi connectivity index (χ2v) is 10.5. The summed E-state index contributed by atoms with van der Waals surface area (Å²) in [6.45, 7) is -0.500. The van der Waals surface area contributed by atoms with E-state index < -0.39 is 12.6 Å². The van der Waals surface area contributed by atoms with Crippen LogP contribution in [0.25, 0.3) is 20.5 Å². The van der Waals surface area contributed by atoms with Gasteiger partial charge in [0, 0.05) is 34.5 Å². The highest BCUT2D eigenvalue weighted by Gasteiger charge is 2.70. The standard InChI is InChI=1S/C24H23FN2O3S.CH2O2/c1-27(2)18-11-15(12-19(27)23-22(18)30-23)29-24(28)26-17-8-7-14(25)10-16(17)21-9-13-5-3-4-6-20(13)31-21;2-1-3/h3-10,15,18-19,22-23H,11-12H2,1-2H3;1H,(H,2,3)/t15?,18-,19+,22+,23-;. The van der Waals surface area contributed by atoms with E-state index in [1.165, 1.54) is 12.1 Å². The zero-order valence-electron chi connectivity index (χ0n) is 18.8. The Morgan fingerprint density at radius 3 is 2.53 bits per heavy atom. The lowest BCUT2D eigenvalue weighted by Crippen LogP contribution is -2.60. The number of hydrogen-bond donors (Lipinski definition) is 1. The fourth-order valence-corrected chi connectivity index (χ4v) is 6.63. The monoisotopic (exact) mass is 484 g/mol. The van der Waals surface area contributed by atoms with E-state index in [1.54, 1.807) is 17.4 Å². The van der Waals surface area contributed by atoms with Gasteiger partial charge in [0.2, 0.25) is 0 Å². The molecule has 3 saturated heterocycles. The van der Waals surface area contributed by atoms with Crippen LogP contribution in [0.5, 0.6) is 0 Å².